The van der Waals surface area contributed by atoms with Crippen LogP contribution in [0.1, 0.15) is 16.8 Å². The molecule has 0 N–H and O–H groups in total. The van der Waals surface area contributed by atoms with Gasteiger partial charge in [-0.25, -0.2) is 0 Å². The van der Waals surface area contributed by atoms with Crippen molar-refractivity contribution in [2.45, 2.75) is 12.8 Å². The molecule has 2 aromatic rings. The highest BCUT2D eigenvalue weighted by Gasteiger charge is 2.02. The van der Waals surface area contributed by atoms with Gasteiger partial charge in [0.2, 0.25) is 5.91 Å². The van der Waals surface area contributed by atoms with Gasteiger partial charge in [0.15, 0.2) is 0 Å². The van der Waals surface area contributed by atoms with Crippen LogP contribution in [-0.4, -0.2) is 10.5 Å². The summed E-state index contributed by atoms with van der Waals surface area (Å²) in [6, 6.07) is 13.8. The lowest BCUT2D eigenvalue weighted by Crippen LogP contribution is -2.08. The minimum atomic E-state index is 0.142. The third-order valence-electron chi connectivity index (χ3n) is 2.36. The highest BCUT2D eigenvalue weighted by molar-refractivity contribution is 5.79. The molecule has 0 fully saturated rings. The van der Waals surface area contributed by atoms with Crippen molar-refractivity contribution in [3.8, 4) is 0 Å². The van der Waals surface area contributed by atoms with Gasteiger partial charge in [-0.15, -0.1) is 0 Å². The number of benzene rings is 1. The third kappa shape index (κ3) is 2.56. The first-order valence-electron chi connectivity index (χ1n) is 5.06. The molecule has 1 aromatic carbocycles. The zero-order valence-electron chi connectivity index (χ0n) is 8.47. The van der Waals surface area contributed by atoms with Crippen LogP contribution < -0.4 is 0 Å². The first-order chi connectivity index (χ1) is 7.36. The van der Waals surface area contributed by atoms with Gasteiger partial charge in [0, 0.05) is 18.8 Å². The van der Waals surface area contributed by atoms with Crippen molar-refractivity contribution < 1.29 is 4.79 Å². The van der Waals surface area contributed by atoms with Crippen molar-refractivity contribution in [1.82, 2.24) is 4.57 Å². The molecule has 0 aliphatic carbocycles. The standard InChI is InChI=1S/C13H13NO/c15-13(14-10-4-5-11-14)9-8-12-6-2-1-3-7-12/h1-7,10-11H,8-9H2. The third-order valence-corrected chi connectivity index (χ3v) is 2.36. The van der Waals surface area contributed by atoms with Crippen LogP contribution in [0.2, 0.25) is 0 Å². The van der Waals surface area contributed by atoms with E-state index in [9.17, 15) is 4.79 Å². The largest absolute Gasteiger partial charge is 0.295 e. The smallest absolute Gasteiger partial charge is 0.230 e. The maximum Gasteiger partial charge on any atom is 0.230 e. The molecule has 0 amide bonds. The van der Waals surface area contributed by atoms with E-state index in [2.05, 4.69) is 0 Å². The molecule has 0 spiro atoms. The van der Waals surface area contributed by atoms with Crippen molar-refractivity contribution in [2.24, 2.45) is 0 Å². The van der Waals surface area contributed by atoms with E-state index in [0.717, 1.165) is 6.42 Å². The Bertz CT molecular complexity index is 417. The van der Waals surface area contributed by atoms with Crippen LogP contribution in [0.4, 0.5) is 0 Å². The normalized spacial score (nSPS) is 10.1. The molecule has 0 aliphatic heterocycles. The minimum absolute atomic E-state index is 0.142. The van der Waals surface area contributed by atoms with Crippen LogP contribution in [0.25, 0.3) is 0 Å². The molecule has 15 heavy (non-hydrogen) atoms. The average molecular weight is 199 g/mol. The van der Waals surface area contributed by atoms with E-state index >= 15 is 0 Å². The molecular weight excluding hydrogens is 186 g/mol. The van der Waals surface area contributed by atoms with Gasteiger partial charge in [0.05, 0.1) is 0 Å². The predicted molar refractivity (Wildman–Crippen MR) is 59.8 cm³/mol. The van der Waals surface area contributed by atoms with Crippen molar-refractivity contribution in [3.63, 3.8) is 0 Å². The Hall–Kier alpha value is -1.83. The van der Waals surface area contributed by atoms with E-state index in [0.29, 0.717) is 6.42 Å². The monoisotopic (exact) mass is 199 g/mol. The molecule has 2 rings (SSSR count). The number of carbonyl (C=O) groups is 1. The lowest BCUT2D eigenvalue weighted by atomic mass is 10.1. The topological polar surface area (TPSA) is 22.0 Å². The van der Waals surface area contributed by atoms with E-state index in [1.165, 1.54) is 5.56 Å². The van der Waals surface area contributed by atoms with Gasteiger partial charge in [-0.1, -0.05) is 30.3 Å². The van der Waals surface area contributed by atoms with E-state index in [4.69, 9.17) is 0 Å². The second-order valence-electron chi connectivity index (χ2n) is 3.47. The summed E-state index contributed by atoms with van der Waals surface area (Å²) in [4.78, 5) is 11.6. The SMILES string of the molecule is O=C(CCc1ccccc1)n1cccc1. The Morgan fingerprint density at radius 3 is 2.33 bits per heavy atom. The van der Waals surface area contributed by atoms with Gasteiger partial charge in [-0.2, -0.15) is 0 Å². The van der Waals surface area contributed by atoms with E-state index in [1.807, 2.05) is 42.5 Å². The molecule has 2 nitrogen and oxygen atoms in total. The van der Waals surface area contributed by atoms with E-state index in [-0.39, 0.29) is 5.91 Å². The lowest BCUT2D eigenvalue weighted by molar-refractivity contribution is 0.0903. The molecule has 0 saturated heterocycles. The molecular formula is C13H13NO. The fourth-order valence-electron chi connectivity index (χ4n) is 1.53. The van der Waals surface area contributed by atoms with Gasteiger partial charge in [-0.3, -0.25) is 9.36 Å². The van der Waals surface area contributed by atoms with Crippen LogP contribution in [0.15, 0.2) is 54.9 Å². The van der Waals surface area contributed by atoms with E-state index < -0.39 is 0 Å². The zero-order valence-corrected chi connectivity index (χ0v) is 8.47. The highest BCUT2D eigenvalue weighted by atomic mass is 16.1. The lowest BCUT2D eigenvalue weighted by Gasteiger charge is -2.01. The molecule has 0 radical (unpaired) electrons. The van der Waals surface area contributed by atoms with Crippen LogP contribution in [0.3, 0.4) is 0 Å². The molecule has 1 heterocycles. The molecule has 0 bridgehead atoms. The Labute approximate surface area is 89.2 Å². The fraction of sp³-hybridized carbons (Fsp3) is 0.154. The van der Waals surface area contributed by atoms with Crippen molar-refractivity contribution in [2.75, 3.05) is 0 Å². The predicted octanol–water partition coefficient (Wildman–Crippen LogP) is 2.76. The van der Waals surface area contributed by atoms with Crippen LogP contribution in [0, 0.1) is 0 Å². The molecule has 0 saturated carbocycles. The molecule has 0 aliphatic rings. The Morgan fingerprint density at radius 2 is 1.67 bits per heavy atom. The maximum absolute atomic E-state index is 11.6. The van der Waals surface area contributed by atoms with E-state index in [1.54, 1.807) is 17.0 Å². The first kappa shape index (κ1) is 9.71. The van der Waals surface area contributed by atoms with Crippen molar-refractivity contribution in [1.29, 1.82) is 0 Å². The number of nitrogens with zero attached hydrogens (tertiary/aromatic N) is 1. The number of aryl methyl sites for hydroxylation is 1. The first-order valence-corrected chi connectivity index (χ1v) is 5.06. The van der Waals surface area contributed by atoms with Gasteiger partial charge in [0.1, 0.15) is 0 Å². The summed E-state index contributed by atoms with van der Waals surface area (Å²) in [7, 11) is 0. The summed E-state index contributed by atoms with van der Waals surface area (Å²) in [5.74, 6) is 0.142. The van der Waals surface area contributed by atoms with Gasteiger partial charge < -0.3 is 0 Å². The van der Waals surface area contributed by atoms with Crippen LogP contribution >= 0.6 is 0 Å². The zero-order chi connectivity index (χ0) is 10.5. The molecule has 0 atom stereocenters. The highest BCUT2D eigenvalue weighted by Crippen LogP contribution is 2.04. The molecule has 1 aromatic heterocycles. The number of rotatable bonds is 3. The Morgan fingerprint density at radius 1 is 1.00 bits per heavy atom. The second-order valence-corrected chi connectivity index (χ2v) is 3.47. The number of hydrogen-bond acceptors (Lipinski definition) is 1. The van der Waals surface area contributed by atoms with Gasteiger partial charge >= 0.3 is 0 Å². The minimum Gasteiger partial charge on any atom is -0.295 e. The summed E-state index contributed by atoms with van der Waals surface area (Å²) in [6.07, 6.45) is 4.93. The quantitative estimate of drug-likeness (QED) is 0.745. The molecule has 2 heteroatoms. The van der Waals surface area contributed by atoms with Crippen LogP contribution in [0.5, 0.6) is 0 Å². The summed E-state index contributed by atoms with van der Waals surface area (Å²) in [5.41, 5.74) is 1.21. The van der Waals surface area contributed by atoms with Gasteiger partial charge in [0.25, 0.3) is 0 Å². The Balaban J connectivity index is 1.92. The summed E-state index contributed by atoms with van der Waals surface area (Å²) in [6.45, 7) is 0. The van der Waals surface area contributed by atoms with Gasteiger partial charge in [-0.05, 0) is 24.1 Å². The van der Waals surface area contributed by atoms with Crippen molar-refractivity contribution in [3.05, 3.63) is 60.4 Å². The summed E-state index contributed by atoms with van der Waals surface area (Å²) in [5, 5.41) is 0. The molecule has 76 valence electrons. The summed E-state index contributed by atoms with van der Waals surface area (Å²) < 4.78 is 1.63. The van der Waals surface area contributed by atoms with Crippen molar-refractivity contribution >= 4 is 5.91 Å². The fourth-order valence-corrected chi connectivity index (χ4v) is 1.53. The molecule has 0 unspecified atom stereocenters. The average Bonchev–Trinajstić information content (AvgIpc) is 2.81. The number of hydrogen-bond donors (Lipinski definition) is 0. The maximum atomic E-state index is 11.6. The van der Waals surface area contributed by atoms with Crippen LogP contribution in [-0.2, 0) is 6.42 Å². The Kier molecular flexibility index (Phi) is 2.98. The second kappa shape index (κ2) is 4.60. The number of aromatic nitrogens is 1. The number of carbonyl (C=O) groups excluding carboxylic acids is 1. The summed E-state index contributed by atoms with van der Waals surface area (Å²) >= 11 is 0.